The molecule has 0 atom stereocenters. The number of fused-ring (bicyclic) bond motifs is 1. The van der Waals surface area contributed by atoms with Crippen LogP contribution < -0.4 is 5.73 Å². The quantitative estimate of drug-likeness (QED) is 0.822. The minimum Gasteiger partial charge on any atom is -0.356 e. The first-order valence-electron chi connectivity index (χ1n) is 6.81. The number of hydrogen-bond acceptors (Lipinski definition) is 5. The number of nitrogens with two attached hydrogens (primary N) is 1. The van der Waals surface area contributed by atoms with Crippen molar-refractivity contribution in [2.24, 2.45) is 5.73 Å². The molecule has 0 aliphatic heterocycles. The fraction of sp³-hybridized carbons (Fsp3) is 0.462. The lowest BCUT2D eigenvalue weighted by molar-refractivity contribution is -0.136. The van der Waals surface area contributed by atoms with Gasteiger partial charge in [-0.3, -0.25) is 0 Å². The third-order valence-electron chi connectivity index (χ3n) is 3.13. The molecule has 0 spiro atoms. The molecule has 23 heavy (non-hydrogen) atoms. The van der Waals surface area contributed by atoms with Crippen molar-refractivity contribution in [3.05, 3.63) is 30.0 Å². The number of hydrogen-bond donors (Lipinski definition) is 1. The second kappa shape index (κ2) is 6.85. The van der Waals surface area contributed by atoms with Crippen molar-refractivity contribution in [3.8, 4) is 0 Å². The van der Waals surface area contributed by atoms with E-state index in [9.17, 15) is 21.6 Å². The topological polar surface area (TPSA) is 89.4 Å². The van der Waals surface area contributed by atoms with Gasteiger partial charge in [0.2, 0.25) is 10.0 Å². The maximum atomic E-state index is 12.6. The lowest BCUT2D eigenvalue weighted by Crippen LogP contribution is -2.40. The highest BCUT2D eigenvalue weighted by atomic mass is 32.2. The summed E-state index contributed by atoms with van der Waals surface area (Å²) in [5.74, 6) is -0.662. The summed E-state index contributed by atoms with van der Waals surface area (Å²) >= 11 is 0. The maximum Gasteiger partial charge on any atom is 0.402 e. The van der Waals surface area contributed by atoms with Gasteiger partial charge in [0.15, 0.2) is 5.58 Å². The Hall–Kier alpha value is -1.65. The molecular formula is C13H16F3N3O3S. The molecule has 2 N–H and O–H groups in total. The van der Waals surface area contributed by atoms with Crippen LogP contribution in [0.5, 0.6) is 0 Å². The molecule has 0 fully saturated rings. The Labute approximate surface area is 131 Å². The normalized spacial score (nSPS) is 13.1. The number of nitrogens with zero attached hydrogens (tertiary/aromatic N) is 2. The summed E-state index contributed by atoms with van der Waals surface area (Å²) in [5.41, 5.74) is 5.72. The summed E-state index contributed by atoms with van der Waals surface area (Å²) in [7, 11) is -4.21. The molecular weight excluding hydrogens is 335 g/mol. The van der Waals surface area contributed by atoms with Crippen LogP contribution in [0.1, 0.15) is 12.1 Å². The van der Waals surface area contributed by atoms with Gasteiger partial charge in [0.1, 0.15) is 18.0 Å². The van der Waals surface area contributed by atoms with Crippen LogP contribution in [0, 0.1) is 0 Å². The highest BCUT2D eigenvalue weighted by molar-refractivity contribution is 7.88. The summed E-state index contributed by atoms with van der Waals surface area (Å²) in [6.07, 6.45) is -4.50. The number of benzene rings is 1. The molecule has 128 valence electrons. The van der Waals surface area contributed by atoms with E-state index in [0.29, 0.717) is 15.3 Å². The van der Waals surface area contributed by atoms with E-state index in [0.717, 1.165) is 0 Å². The highest BCUT2D eigenvalue weighted by Crippen LogP contribution is 2.24. The molecule has 2 rings (SSSR count). The number of aromatic nitrogens is 1. The third-order valence-corrected chi connectivity index (χ3v) is 4.87. The minimum atomic E-state index is -4.63. The lowest BCUT2D eigenvalue weighted by Gasteiger charge is -2.22. The van der Waals surface area contributed by atoms with Crippen molar-refractivity contribution in [3.63, 3.8) is 0 Å². The third kappa shape index (κ3) is 4.66. The van der Waals surface area contributed by atoms with Crippen molar-refractivity contribution in [1.82, 2.24) is 9.46 Å². The zero-order valence-electron chi connectivity index (χ0n) is 12.1. The van der Waals surface area contributed by atoms with Crippen LogP contribution in [0.4, 0.5) is 13.2 Å². The Morgan fingerprint density at radius 1 is 1.26 bits per heavy atom. The van der Waals surface area contributed by atoms with E-state index in [1.807, 2.05) is 0 Å². The van der Waals surface area contributed by atoms with E-state index in [-0.39, 0.29) is 25.2 Å². The van der Waals surface area contributed by atoms with E-state index >= 15 is 0 Å². The first-order valence-corrected chi connectivity index (χ1v) is 8.42. The van der Waals surface area contributed by atoms with Crippen LogP contribution in [-0.4, -0.2) is 43.7 Å². The number of para-hydroxylation sites is 1. The van der Waals surface area contributed by atoms with Crippen molar-refractivity contribution < 1.29 is 26.1 Å². The SMILES string of the molecule is NCCCN(CC(F)(F)F)S(=O)(=O)Cc1noc2ccccc12. The zero-order chi connectivity index (χ0) is 17.1. The molecule has 0 aliphatic rings. The van der Waals surface area contributed by atoms with E-state index in [1.54, 1.807) is 24.3 Å². The Morgan fingerprint density at radius 2 is 1.96 bits per heavy atom. The van der Waals surface area contributed by atoms with Gasteiger partial charge >= 0.3 is 6.18 Å². The van der Waals surface area contributed by atoms with Crippen LogP contribution in [0.2, 0.25) is 0 Å². The molecule has 0 saturated heterocycles. The molecule has 0 unspecified atom stereocenters. The van der Waals surface area contributed by atoms with Gasteiger partial charge in [0, 0.05) is 11.9 Å². The van der Waals surface area contributed by atoms with Crippen molar-refractivity contribution >= 4 is 21.0 Å². The van der Waals surface area contributed by atoms with E-state index < -0.39 is 28.5 Å². The van der Waals surface area contributed by atoms with Crippen LogP contribution >= 0.6 is 0 Å². The smallest absolute Gasteiger partial charge is 0.356 e. The molecule has 0 bridgehead atoms. The Kier molecular flexibility index (Phi) is 5.27. The molecule has 0 radical (unpaired) electrons. The fourth-order valence-corrected chi connectivity index (χ4v) is 3.58. The number of rotatable bonds is 7. The van der Waals surface area contributed by atoms with Crippen molar-refractivity contribution in [1.29, 1.82) is 0 Å². The van der Waals surface area contributed by atoms with Gasteiger partial charge in [-0.1, -0.05) is 17.3 Å². The van der Waals surface area contributed by atoms with Gasteiger partial charge in [-0.25, -0.2) is 8.42 Å². The Bertz CT molecular complexity index is 758. The molecule has 1 aromatic heterocycles. The van der Waals surface area contributed by atoms with Gasteiger partial charge < -0.3 is 10.3 Å². The average molecular weight is 351 g/mol. The monoisotopic (exact) mass is 351 g/mol. The van der Waals surface area contributed by atoms with Crippen LogP contribution in [-0.2, 0) is 15.8 Å². The second-order valence-electron chi connectivity index (χ2n) is 4.97. The summed E-state index contributed by atoms with van der Waals surface area (Å²) in [6, 6.07) is 6.55. The predicted molar refractivity (Wildman–Crippen MR) is 77.9 cm³/mol. The molecule has 1 heterocycles. The van der Waals surface area contributed by atoms with Gasteiger partial charge in [-0.2, -0.15) is 17.5 Å². The Balaban J connectivity index is 2.26. The first-order chi connectivity index (χ1) is 10.7. The average Bonchev–Trinajstić information content (AvgIpc) is 2.85. The predicted octanol–water partition coefficient (Wildman–Crippen LogP) is 1.87. The first kappa shape index (κ1) is 17.7. The largest absolute Gasteiger partial charge is 0.402 e. The van der Waals surface area contributed by atoms with E-state index in [2.05, 4.69) is 5.16 Å². The van der Waals surface area contributed by atoms with Crippen LogP contribution in [0.25, 0.3) is 11.0 Å². The van der Waals surface area contributed by atoms with E-state index in [4.69, 9.17) is 10.3 Å². The summed E-state index contributed by atoms with van der Waals surface area (Å²) < 4.78 is 67.9. The highest BCUT2D eigenvalue weighted by Gasteiger charge is 2.36. The van der Waals surface area contributed by atoms with Crippen molar-refractivity contribution in [2.75, 3.05) is 19.6 Å². The fourth-order valence-electron chi connectivity index (χ4n) is 2.09. The second-order valence-corrected chi connectivity index (χ2v) is 6.94. The lowest BCUT2D eigenvalue weighted by atomic mass is 10.2. The summed E-state index contributed by atoms with van der Waals surface area (Å²) in [6.45, 7) is -1.75. The van der Waals surface area contributed by atoms with Crippen LogP contribution in [0.15, 0.2) is 28.8 Å². The van der Waals surface area contributed by atoms with E-state index in [1.165, 1.54) is 0 Å². The summed E-state index contributed by atoms with van der Waals surface area (Å²) in [5, 5.41) is 4.11. The van der Waals surface area contributed by atoms with Gasteiger partial charge in [-0.15, -0.1) is 0 Å². The standard InChI is InChI=1S/C13H16F3N3O3S/c14-13(15,16)9-19(7-3-6-17)23(20,21)8-11-10-4-1-2-5-12(10)22-18-11/h1-2,4-5H,3,6-9,17H2. The molecule has 0 amide bonds. The van der Waals surface area contributed by atoms with Gasteiger partial charge in [0.05, 0.1) is 0 Å². The number of alkyl halides is 3. The molecule has 2 aromatic rings. The molecule has 1 aromatic carbocycles. The molecule has 0 saturated carbocycles. The van der Waals surface area contributed by atoms with Gasteiger partial charge in [-0.05, 0) is 25.1 Å². The summed E-state index contributed by atoms with van der Waals surface area (Å²) in [4.78, 5) is 0. The van der Waals surface area contributed by atoms with Crippen molar-refractivity contribution in [2.45, 2.75) is 18.3 Å². The molecule has 10 heteroatoms. The molecule has 0 aliphatic carbocycles. The minimum absolute atomic E-state index is 0.0838. The molecule has 6 nitrogen and oxygen atoms in total. The maximum absolute atomic E-state index is 12.6. The van der Waals surface area contributed by atoms with Crippen LogP contribution in [0.3, 0.4) is 0 Å². The zero-order valence-corrected chi connectivity index (χ0v) is 12.9. The van der Waals surface area contributed by atoms with Gasteiger partial charge in [0.25, 0.3) is 0 Å². The Morgan fingerprint density at radius 3 is 2.61 bits per heavy atom. The number of halogens is 3. The number of sulfonamides is 1.